The van der Waals surface area contributed by atoms with Crippen molar-refractivity contribution in [3.05, 3.63) is 0 Å². The van der Waals surface area contributed by atoms with E-state index in [9.17, 15) is 51.3 Å². The maximum absolute atomic E-state index is 12.5. The van der Waals surface area contributed by atoms with Crippen molar-refractivity contribution in [2.24, 2.45) is 0 Å². The van der Waals surface area contributed by atoms with Gasteiger partial charge in [0.1, 0.15) is 18.3 Å². The van der Waals surface area contributed by atoms with Crippen LogP contribution in [0, 0.1) is 0 Å². The zero-order chi connectivity index (χ0) is 23.7. The maximum Gasteiger partial charge on any atom is 0.471 e. The molecule has 2 rings (SSSR count). The Bertz CT molecular complexity index is 624. The molecule has 180 valence electrons. The molecule has 8 atom stereocenters. The summed E-state index contributed by atoms with van der Waals surface area (Å²) in [5.74, 6) is -4.96. The lowest BCUT2D eigenvalue weighted by atomic mass is 9.85. The minimum absolute atomic E-state index is 0.562. The zero-order valence-electron chi connectivity index (χ0n) is 15.4. The van der Waals surface area contributed by atoms with Gasteiger partial charge in [-0.3, -0.25) is 9.59 Å². The molecule has 1 saturated heterocycles. The van der Waals surface area contributed by atoms with Gasteiger partial charge in [0.2, 0.25) is 0 Å². The monoisotopic (exact) mass is 470 g/mol. The van der Waals surface area contributed by atoms with Crippen LogP contribution < -0.4 is 10.6 Å². The highest BCUT2D eigenvalue weighted by atomic mass is 19.4. The largest absolute Gasteiger partial charge is 0.471 e. The molecule has 0 aromatic rings. The molecular weight excluding hydrogens is 450 g/mol. The molecule has 16 heteroatoms. The van der Waals surface area contributed by atoms with Crippen molar-refractivity contribution in [1.29, 1.82) is 0 Å². The SMILES string of the molecule is O=C(NC1CC(O[C@H]2O[C@H](CO)[C@@H](O)[C@@H]2O)C[C@@H](NC(=O)C(F)(F)F)C1O)C(F)(F)F. The van der Waals surface area contributed by atoms with Crippen LogP contribution in [0.1, 0.15) is 12.8 Å². The zero-order valence-corrected chi connectivity index (χ0v) is 15.4. The second-order valence-corrected chi connectivity index (χ2v) is 7.08. The quantitative estimate of drug-likeness (QED) is 0.254. The summed E-state index contributed by atoms with van der Waals surface area (Å²) in [6.45, 7) is -0.726. The lowest BCUT2D eigenvalue weighted by molar-refractivity contribution is -0.208. The van der Waals surface area contributed by atoms with Crippen LogP contribution in [0.25, 0.3) is 0 Å². The van der Waals surface area contributed by atoms with Crippen LogP contribution in [0.3, 0.4) is 0 Å². The average molecular weight is 470 g/mol. The van der Waals surface area contributed by atoms with E-state index < -0.39 is 92.5 Å². The van der Waals surface area contributed by atoms with Crippen LogP contribution >= 0.6 is 0 Å². The summed E-state index contributed by atoms with van der Waals surface area (Å²) in [5.41, 5.74) is 0. The van der Waals surface area contributed by atoms with E-state index in [0.29, 0.717) is 0 Å². The fourth-order valence-electron chi connectivity index (χ4n) is 3.29. The lowest BCUT2D eigenvalue weighted by Crippen LogP contribution is -2.62. The van der Waals surface area contributed by atoms with Gasteiger partial charge in [0.15, 0.2) is 6.29 Å². The van der Waals surface area contributed by atoms with Gasteiger partial charge in [-0.2, -0.15) is 26.3 Å². The fraction of sp³-hybridized carbons (Fsp3) is 0.867. The standard InChI is InChI=1S/C15H20F6N2O8/c16-14(17,18)12(28)22-5-1-4(30-11-10(27)9(26)7(3-24)31-11)2-6(8(5)25)23-13(29)15(19,20)21/h4-11,24-27H,1-3H2,(H,22,28)(H,23,29)/t4?,5-,6?,7-,8?,9-,10+,11+/m1/s1. The van der Waals surface area contributed by atoms with Crippen LogP contribution in [0.5, 0.6) is 0 Å². The van der Waals surface area contributed by atoms with Gasteiger partial charge in [-0.05, 0) is 12.8 Å². The summed E-state index contributed by atoms with van der Waals surface area (Å²) >= 11 is 0. The molecule has 1 aliphatic heterocycles. The first-order valence-electron chi connectivity index (χ1n) is 8.86. The van der Waals surface area contributed by atoms with Gasteiger partial charge >= 0.3 is 24.2 Å². The number of rotatable bonds is 5. The van der Waals surface area contributed by atoms with Gasteiger partial charge in [0, 0.05) is 0 Å². The van der Waals surface area contributed by atoms with Crippen LogP contribution in [-0.4, -0.2) is 100 Å². The second kappa shape index (κ2) is 9.41. The van der Waals surface area contributed by atoms with Gasteiger partial charge < -0.3 is 40.5 Å². The number of halogens is 6. The molecule has 0 bridgehead atoms. The number of carbonyl (C=O) groups is 2. The Balaban J connectivity index is 2.17. The van der Waals surface area contributed by atoms with Crippen molar-refractivity contribution in [3.63, 3.8) is 0 Å². The van der Waals surface area contributed by atoms with Crippen molar-refractivity contribution in [2.45, 2.75) is 74.1 Å². The topological polar surface area (TPSA) is 158 Å². The van der Waals surface area contributed by atoms with Gasteiger partial charge in [-0.1, -0.05) is 0 Å². The van der Waals surface area contributed by atoms with E-state index >= 15 is 0 Å². The normalized spacial score (nSPS) is 36.8. The van der Waals surface area contributed by atoms with E-state index in [-0.39, 0.29) is 0 Å². The minimum Gasteiger partial charge on any atom is -0.394 e. The molecule has 1 aliphatic carbocycles. The van der Waals surface area contributed by atoms with Gasteiger partial charge in [-0.15, -0.1) is 0 Å². The Kier molecular flexibility index (Phi) is 7.76. The molecular formula is C15H20F6N2O8. The van der Waals surface area contributed by atoms with Crippen LogP contribution in [0.15, 0.2) is 0 Å². The van der Waals surface area contributed by atoms with E-state index in [4.69, 9.17) is 14.6 Å². The number of ether oxygens (including phenoxy) is 2. The van der Waals surface area contributed by atoms with E-state index in [1.807, 2.05) is 0 Å². The number of aliphatic hydroxyl groups excluding tert-OH is 4. The molecule has 1 heterocycles. The van der Waals surface area contributed by atoms with E-state index in [1.54, 1.807) is 0 Å². The van der Waals surface area contributed by atoms with Crippen molar-refractivity contribution < 1.29 is 65.8 Å². The Morgan fingerprint density at radius 3 is 1.68 bits per heavy atom. The number of aliphatic hydroxyl groups is 4. The number of hydrogen-bond acceptors (Lipinski definition) is 8. The summed E-state index contributed by atoms with van der Waals surface area (Å²) in [4.78, 5) is 22.4. The van der Waals surface area contributed by atoms with E-state index in [1.165, 1.54) is 10.6 Å². The fourth-order valence-corrected chi connectivity index (χ4v) is 3.29. The third-order valence-electron chi connectivity index (χ3n) is 4.83. The molecule has 2 amide bonds. The molecule has 2 aliphatic rings. The molecule has 0 aromatic carbocycles. The summed E-state index contributed by atoms with van der Waals surface area (Å²) in [6.07, 6.45) is -21.4. The summed E-state index contributed by atoms with van der Waals surface area (Å²) in [6, 6.07) is -3.58. The highest BCUT2D eigenvalue weighted by Crippen LogP contribution is 2.30. The Morgan fingerprint density at radius 1 is 0.871 bits per heavy atom. The van der Waals surface area contributed by atoms with Crippen molar-refractivity contribution >= 4 is 11.8 Å². The van der Waals surface area contributed by atoms with Gasteiger partial charge in [0.25, 0.3) is 0 Å². The maximum atomic E-state index is 12.5. The van der Waals surface area contributed by atoms with Crippen molar-refractivity contribution in [3.8, 4) is 0 Å². The predicted octanol–water partition coefficient (Wildman–Crippen LogP) is -1.94. The van der Waals surface area contributed by atoms with Gasteiger partial charge in [-0.25, -0.2) is 0 Å². The highest BCUT2D eigenvalue weighted by Gasteiger charge is 2.49. The Morgan fingerprint density at radius 2 is 1.32 bits per heavy atom. The van der Waals surface area contributed by atoms with E-state index in [0.717, 1.165) is 0 Å². The predicted molar refractivity (Wildman–Crippen MR) is 83.8 cm³/mol. The molecule has 0 aromatic heterocycles. The first-order chi connectivity index (χ1) is 14.1. The summed E-state index contributed by atoms with van der Waals surface area (Å²) < 4.78 is 85.6. The number of hydrogen-bond donors (Lipinski definition) is 6. The molecule has 10 nitrogen and oxygen atoms in total. The molecule has 3 unspecified atom stereocenters. The third kappa shape index (κ3) is 6.17. The molecule has 2 fully saturated rings. The second-order valence-electron chi connectivity index (χ2n) is 7.08. The number of carbonyl (C=O) groups excluding carboxylic acids is 2. The molecule has 0 spiro atoms. The summed E-state index contributed by atoms with van der Waals surface area (Å²) in [5, 5.41) is 41.6. The third-order valence-corrected chi connectivity index (χ3v) is 4.83. The van der Waals surface area contributed by atoms with Crippen molar-refractivity contribution in [1.82, 2.24) is 10.6 Å². The Labute approximate surface area is 170 Å². The number of nitrogens with one attached hydrogen (secondary N) is 2. The first kappa shape index (κ1) is 25.5. The highest BCUT2D eigenvalue weighted by molar-refractivity contribution is 5.82. The average Bonchev–Trinajstić information content (AvgIpc) is 2.91. The molecule has 1 saturated carbocycles. The van der Waals surface area contributed by atoms with Crippen LogP contribution in [0.2, 0.25) is 0 Å². The van der Waals surface area contributed by atoms with Crippen LogP contribution in [0.4, 0.5) is 26.3 Å². The Hall–Kier alpha value is -1.72. The smallest absolute Gasteiger partial charge is 0.394 e. The van der Waals surface area contributed by atoms with E-state index in [2.05, 4.69) is 0 Å². The lowest BCUT2D eigenvalue weighted by Gasteiger charge is -2.40. The molecule has 0 radical (unpaired) electrons. The molecule has 6 N–H and O–H groups in total. The summed E-state index contributed by atoms with van der Waals surface area (Å²) in [7, 11) is 0. The van der Waals surface area contributed by atoms with Crippen molar-refractivity contribution in [2.75, 3.05) is 6.61 Å². The number of amides is 2. The molecule has 31 heavy (non-hydrogen) atoms. The van der Waals surface area contributed by atoms with Gasteiger partial charge in [0.05, 0.1) is 30.9 Å². The van der Waals surface area contributed by atoms with Crippen LogP contribution in [-0.2, 0) is 19.1 Å². The minimum atomic E-state index is -5.36. The first-order valence-corrected chi connectivity index (χ1v) is 8.86. The number of alkyl halides is 6.